The molecule has 0 radical (unpaired) electrons. The zero-order chi connectivity index (χ0) is 19.6. The van der Waals surface area contributed by atoms with Crippen molar-refractivity contribution in [1.29, 1.82) is 0 Å². The Morgan fingerprint density at radius 1 is 1.29 bits per heavy atom. The first-order valence-electron chi connectivity index (χ1n) is 10.2. The third-order valence-electron chi connectivity index (χ3n) is 4.90. The van der Waals surface area contributed by atoms with Crippen LogP contribution in [-0.4, -0.2) is 50.1 Å². The van der Waals surface area contributed by atoms with E-state index in [9.17, 15) is 4.79 Å². The van der Waals surface area contributed by atoms with E-state index >= 15 is 0 Å². The van der Waals surface area contributed by atoms with Gasteiger partial charge in [-0.05, 0) is 45.7 Å². The quantitative estimate of drug-likeness (QED) is 0.291. The highest BCUT2D eigenvalue weighted by Crippen LogP contribution is 2.20. The smallest absolute Gasteiger partial charge is 0.222 e. The van der Waals surface area contributed by atoms with Gasteiger partial charge in [0, 0.05) is 43.8 Å². The Bertz CT molecular complexity index is 620. The van der Waals surface area contributed by atoms with Crippen molar-refractivity contribution in [3.63, 3.8) is 0 Å². The van der Waals surface area contributed by atoms with Gasteiger partial charge < -0.3 is 20.9 Å². The zero-order valence-corrected chi connectivity index (χ0v) is 20.0. The largest absolute Gasteiger partial charge is 0.369 e. The summed E-state index contributed by atoms with van der Waals surface area (Å²) in [5.41, 5.74) is 2.56. The maximum absolute atomic E-state index is 11.9. The first-order valence-corrected chi connectivity index (χ1v) is 10.2. The monoisotopic (exact) mass is 501 g/mol. The molecule has 1 aliphatic heterocycles. The highest BCUT2D eigenvalue weighted by molar-refractivity contribution is 14.0. The molecule has 3 N–H and O–H groups in total. The van der Waals surface area contributed by atoms with Gasteiger partial charge in [-0.25, -0.2) is 0 Å². The number of nitrogens with zero attached hydrogens (tertiary/aromatic N) is 2. The molecule has 6 nitrogen and oxygen atoms in total. The van der Waals surface area contributed by atoms with Gasteiger partial charge in [-0.2, -0.15) is 0 Å². The molecule has 1 amide bonds. The van der Waals surface area contributed by atoms with E-state index in [2.05, 4.69) is 70.9 Å². The average Bonchev–Trinajstić information content (AvgIpc) is 3.10. The van der Waals surface area contributed by atoms with Crippen LogP contribution in [0.5, 0.6) is 0 Å². The van der Waals surface area contributed by atoms with E-state index in [1.54, 1.807) is 0 Å². The summed E-state index contributed by atoms with van der Waals surface area (Å²) in [6.45, 7) is 11.6. The van der Waals surface area contributed by atoms with E-state index in [1.807, 2.05) is 6.92 Å². The molecule has 0 spiro atoms. The van der Waals surface area contributed by atoms with Crippen LogP contribution in [0.4, 0.5) is 5.69 Å². The minimum absolute atomic E-state index is 0. The van der Waals surface area contributed by atoms with Crippen LogP contribution in [0.3, 0.4) is 0 Å². The van der Waals surface area contributed by atoms with E-state index in [1.165, 1.54) is 11.3 Å². The molecule has 1 fully saturated rings. The van der Waals surface area contributed by atoms with Gasteiger partial charge in [0.25, 0.3) is 0 Å². The number of halogens is 1. The molecule has 28 heavy (non-hydrogen) atoms. The normalized spacial score (nSPS) is 17.6. The van der Waals surface area contributed by atoms with Crippen LogP contribution in [-0.2, 0) is 4.79 Å². The second-order valence-corrected chi connectivity index (χ2v) is 7.30. The lowest BCUT2D eigenvalue weighted by molar-refractivity contribution is -0.121. The van der Waals surface area contributed by atoms with Crippen LogP contribution >= 0.6 is 24.0 Å². The Kier molecular flexibility index (Phi) is 11.3. The molecular formula is C21H36IN5O. The number of carbonyl (C=O) groups is 1. The summed E-state index contributed by atoms with van der Waals surface area (Å²) in [7, 11) is 0. The van der Waals surface area contributed by atoms with Crippen molar-refractivity contribution in [2.24, 2.45) is 4.99 Å². The molecule has 2 rings (SSSR count). The second kappa shape index (κ2) is 12.9. The van der Waals surface area contributed by atoms with Gasteiger partial charge in [-0.15, -0.1) is 24.0 Å². The molecule has 0 bridgehead atoms. The molecule has 1 saturated heterocycles. The molecule has 1 heterocycles. The lowest BCUT2D eigenvalue weighted by atomic mass is 10.2. The third kappa shape index (κ3) is 8.24. The number of aryl methyl sites for hydroxylation is 1. The van der Waals surface area contributed by atoms with Crippen molar-refractivity contribution in [2.45, 2.75) is 59.0 Å². The minimum atomic E-state index is 0. The van der Waals surface area contributed by atoms with Gasteiger partial charge >= 0.3 is 0 Å². The lowest BCUT2D eigenvalue weighted by Crippen LogP contribution is -2.44. The van der Waals surface area contributed by atoms with E-state index in [0.717, 1.165) is 38.4 Å². The SMILES string of the molecule is CCNC(=NCCC(=O)NC(C)CC)NC1CCN(c2ccc(C)cc2)C1.I. The molecule has 1 aliphatic rings. The highest BCUT2D eigenvalue weighted by atomic mass is 127. The molecule has 0 saturated carbocycles. The van der Waals surface area contributed by atoms with E-state index in [4.69, 9.17) is 0 Å². The first-order chi connectivity index (χ1) is 13.0. The summed E-state index contributed by atoms with van der Waals surface area (Å²) < 4.78 is 0. The Morgan fingerprint density at radius 2 is 2.00 bits per heavy atom. The Hall–Kier alpha value is -1.51. The molecule has 2 atom stereocenters. The van der Waals surface area contributed by atoms with Crippen LogP contribution in [0.1, 0.15) is 45.6 Å². The fourth-order valence-corrected chi connectivity index (χ4v) is 3.10. The number of benzene rings is 1. The summed E-state index contributed by atoms with van der Waals surface area (Å²) in [6.07, 6.45) is 2.44. The highest BCUT2D eigenvalue weighted by Gasteiger charge is 2.23. The lowest BCUT2D eigenvalue weighted by Gasteiger charge is -2.20. The molecular weight excluding hydrogens is 465 g/mol. The van der Waals surface area contributed by atoms with Crippen LogP contribution in [0, 0.1) is 6.92 Å². The van der Waals surface area contributed by atoms with Gasteiger partial charge in [0.15, 0.2) is 5.96 Å². The fraction of sp³-hybridized carbons (Fsp3) is 0.619. The number of aliphatic imine (C=N–C) groups is 1. The number of amides is 1. The Balaban J connectivity index is 0.00000392. The maximum Gasteiger partial charge on any atom is 0.222 e. The van der Waals surface area contributed by atoms with Gasteiger partial charge in [0.05, 0.1) is 6.54 Å². The Morgan fingerprint density at radius 3 is 2.64 bits per heavy atom. The van der Waals surface area contributed by atoms with Crippen LogP contribution in [0.2, 0.25) is 0 Å². The van der Waals surface area contributed by atoms with Crippen LogP contribution in [0.25, 0.3) is 0 Å². The molecule has 2 unspecified atom stereocenters. The minimum Gasteiger partial charge on any atom is -0.369 e. The van der Waals surface area contributed by atoms with Crippen molar-refractivity contribution < 1.29 is 4.79 Å². The molecule has 158 valence electrons. The van der Waals surface area contributed by atoms with Crippen LogP contribution < -0.4 is 20.9 Å². The van der Waals surface area contributed by atoms with E-state index in [-0.39, 0.29) is 35.9 Å². The number of anilines is 1. The standard InChI is InChI=1S/C21H35N5O.HI/c1-5-17(4)24-20(27)11-13-23-21(22-6-2)25-18-12-14-26(15-18)19-9-7-16(3)8-10-19;/h7-10,17-18H,5-6,11-15H2,1-4H3,(H,24,27)(H2,22,23,25);1H. The maximum atomic E-state index is 11.9. The summed E-state index contributed by atoms with van der Waals surface area (Å²) in [5, 5.41) is 9.79. The van der Waals surface area contributed by atoms with Crippen molar-refractivity contribution in [2.75, 3.05) is 31.1 Å². The average molecular weight is 501 g/mol. The van der Waals surface area contributed by atoms with Crippen molar-refractivity contribution in [1.82, 2.24) is 16.0 Å². The number of rotatable bonds is 8. The van der Waals surface area contributed by atoms with Crippen molar-refractivity contribution in [3.05, 3.63) is 29.8 Å². The molecule has 1 aromatic carbocycles. The third-order valence-corrected chi connectivity index (χ3v) is 4.90. The summed E-state index contributed by atoms with van der Waals surface area (Å²) in [5.74, 6) is 0.861. The molecule has 0 aromatic heterocycles. The number of hydrogen-bond donors (Lipinski definition) is 3. The summed E-state index contributed by atoms with van der Waals surface area (Å²) in [4.78, 5) is 18.9. The number of hydrogen-bond acceptors (Lipinski definition) is 3. The first kappa shape index (κ1) is 24.5. The van der Waals surface area contributed by atoms with Crippen LogP contribution in [0.15, 0.2) is 29.3 Å². The zero-order valence-electron chi connectivity index (χ0n) is 17.6. The van der Waals surface area contributed by atoms with Gasteiger partial charge in [-0.1, -0.05) is 24.6 Å². The molecule has 1 aromatic rings. The summed E-state index contributed by atoms with van der Waals surface area (Å²) in [6, 6.07) is 9.27. The Labute approximate surface area is 187 Å². The predicted molar refractivity (Wildman–Crippen MR) is 129 cm³/mol. The summed E-state index contributed by atoms with van der Waals surface area (Å²) >= 11 is 0. The predicted octanol–water partition coefficient (Wildman–Crippen LogP) is 3.05. The number of guanidine groups is 1. The van der Waals surface area contributed by atoms with E-state index in [0.29, 0.717) is 19.0 Å². The van der Waals surface area contributed by atoms with Crippen molar-refractivity contribution in [3.8, 4) is 0 Å². The molecule has 7 heteroatoms. The van der Waals surface area contributed by atoms with Crippen molar-refractivity contribution >= 4 is 41.5 Å². The van der Waals surface area contributed by atoms with Gasteiger partial charge in [-0.3, -0.25) is 9.79 Å². The fourth-order valence-electron chi connectivity index (χ4n) is 3.10. The number of nitrogens with one attached hydrogen (secondary N) is 3. The topological polar surface area (TPSA) is 68.8 Å². The molecule has 0 aliphatic carbocycles. The van der Waals surface area contributed by atoms with Gasteiger partial charge in [0.1, 0.15) is 0 Å². The number of carbonyl (C=O) groups excluding carboxylic acids is 1. The van der Waals surface area contributed by atoms with E-state index < -0.39 is 0 Å². The van der Waals surface area contributed by atoms with Gasteiger partial charge in [0.2, 0.25) is 5.91 Å². The second-order valence-electron chi connectivity index (χ2n) is 7.30.